The van der Waals surface area contributed by atoms with E-state index in [2.05, 4.69) is 4.98 Å². The van der Waals surface area contributed by atoms with Crippen molar-refractivity contribution in [2.45, 2.75) is 40.8 Å². The molecule has 0 aliphatic rings. The normalized spacial score (nSPS) is 12.3. The standard InChI is InChI=1S/C13H14F3N.C2H6/c1-4-5-11-9(2)6-7-17-12(11)8-10(3)13(14,15)16;1-2/h4-8H,1-3H3;1-2H3/b5-4-,10-8+;. The van der Waals surface area contributed by atoms with E-state index in [-0.39, 0.29) is 0 Å². The van der Waals surface area contributed by atoms with Crippen LogP contribution in [-0.4, -0.2) is 11.2 Å². The van der Waals surface area contributed by atoms with E-state index in [1.165, 1.54) is 6.20 Å². The lowest BCUT2D eigenvalue weighted by Gasteiger charge is -2.08. The molecule has 0 aliphatic carbocycles. The fourth-order valence-corrected chi connectivity index (χ4v) is 1.38. The zero-order valence-electron chi connectivity index (χ0n) is 12.0. The van der Waals surface area contributed by atoms with Crippen LogP contribution in [0.15, 0.2) is 23.9 Å². The number of hydrogen-bond donors (Lipinski definition) is 0. The van der Waals surface area contributed by atoms with Crippen LogP contribution in [0.4, 0.5) is 13.2 Å². The van der Waals surface area contributed by atoms with Gasteiger partial charge < -0.3 is 0 Å². The molecule has 0 atom stereocenters. The van der Waals surface area contributed by atoms with Gasteiger partial charge in [-0.1, -0.05) is 26.0 Å². The van der Waals surface area contributed by atoms with Crippen LogP contribution in [-0.2, 0) is 0 Å². The molecule has 0 radical (unpaired) electrons. The van der Waals surface area contributed by atoms with Crippen molar-refractivity contribution in [2.24, 2.45) is 0 Å². The molecular formula is C15H20F3N. The molecule has 0 spiro atoms. The van der Waals surface area contributed by atoms with Crippen molar-refractivity contribution < 1.29 is 13.2 Å². The summed E-state index contributed by atoms with van der Waals surface area (Å²) in [6, 6.07) is 1.77. The van der Waals surface area contributed by atoms with E-state index < -0.39 is 11.7 Å². The van der Waals surface area contributed by atoms with E-state index in [1.54, 1.807) is 18.2 Å². The number of alkyl halides is 3. The van der Waals surface area contributed by atoms with Crippen molar-refractivity contribution in [3.63, 3.8) is 0 Å². The molecule has 4 heteroatoms. The average Bonchev–Trinajstić information content (AvgIpc) is 2.35. The molecular weight excluding hydrogens is 251 g/mol. The minimum absolute atomic E-state index is 0.345. The van der Waals surface area contributed by atoms with Crippen LogP contribution < -0.4 is 0 Å². The minimum Gasteiger partial charge on any atom is -0.256 e. The van der Waals surface area contributed by atoms with Crippen LogP contribution in [0, 0.1) is 6.92 Å². The summed E-state index contributed by atoms with van der Waals surface area (Å²) in [7, 11) is 0. The lowest BCUT2D eigenvalue weighted by atomic mass is 10.1. The third-order valence-corrected chi connectivity index (χ3v) is 2.37. The highest BCUT2D eigenvalue weighted by molar-refractivity contribution is 5.66. The largest absolute Gasteiger partial charge is 0.412 e. The van der Waals surface area contributed by atoms with Crippen molar-refractivity contribution in [1.29, 1.82) is 0 Å². The quantitative estimate of drug-likeness (QED) is 0.700. The molecule has 0 bridgehead atoms. The molecule has 19 heavy (non-hydrogen) atoms. The van der Waals surface area contributed by atoms with E-state index in [0.29, 0.717) is 5.69 Å². The van der Waals surface area contributed by atoms with E-state index >= 15 is 0 Å². The van der Waals surface area contributed by atoms with Crippen LogP contribution in [0.1, 0.15) is 44.5 Å². The monoisotopic (exact) mass is 271 g/mol. The Bertz CT molecular complexity index is 457. The first-order chi connectivity index (χ1) is 8.86. The number of halogens is 3. The van der Waals surface area contributed by atoms with Gasteiger partial charge >= 0.3 is 6.18 Å². The second-order valence-corrected chi connectivity index (χ2v) is 3.75. The molecule has 0 aromatic carbocycles. The van der Waals surface area contributed by atoms with Gasteiger partial charge in [-0.2, -0.15) is 13.2 Å². The van der Waals surface area contributed by atoms with Crippen molar-refractivity contribution in [3.8, 4) is 0 Å². The van der Waals surface area contributed by atoms with Crippen molar-refractivity contribution in [1.82, 2.24) is 4.98 Å². The van der Waals surface area contributed by atoms with E-state index in [9.17, 15) is 13.2 Å². The molecule has 1 aromatic heterocycles. The van der Waals surface area contributed by atoms with E-state index in [0.717, 1.165) is 24.1 Å². The summed E-state index contributed by atoms with van der Waals surface area (Å²) < 4.78 is 37.3. The second kappa shape index (κ2) is 7.77. The van der Waals surface area contributed by atoms with Crippen molar-refractivity contribution in [3.05, 3.63) is 40.7 Å². The molecule has 0 fully saturated rings. The van der Waals surface area contributed by atoms with Crippen LogP contribution >= 0.6 is 0 Å². The van der Waals surface area contributed by atoms with Crippen LogP contribution in [0.5, 0.6) is 0 Å². The highest BCUT2D eigenvalue weighted by Crippen LogP contribution is 2.27. The first-order valence-corrected chi connectivity index (χ1v) is 6.20. The molecule has 0 unspecified atom stereocenters. The Morgan fingerprint density at radius 2 is 1.84 bits per heavy atom. The third kappa shape index (κ3) is 5.28. The van der Waals surface area contributed by atoms with Gasteiger partial charge in [0.05, 0.1) is 5.69 Å². The van der Waals surface area contributed by atoms with Gasteiger partial charge in [-0.3, -0.25) is 4.98 Å². The molecule has 1 nitrogen and oxygen atoms in total. The van der Waals surface area contributed by atoms with Crippen LogP contribution in [0.2, 0.25) is 0 Å². The van der Waals surface area contributed by atoms with E-state index in [4.69, 9.17) is 0 Å². The predicted molar refractivity (Wildman–Crippen MR) is 74.7 cm³/mol. The topological polar surface area (TPSA) is 12.9 Å². The highest BCUT2D eigenvalue weighted by Gasteiger charge is 2.30. The van der Waals surface area contributed by atoms with Crippen molar-refractivity contribution in [2.75, 3.05) is 0 Å². The molecule has 0 saturated heterocycles. The smallest absolute Gasteiger partial charge is 0.256 e. The second-order valence-electron chi connectivity index (χ2n) is 3.75. The molecule has 106 valence electrons. The maximum Gasteiger partial charge on any atom is 0.412 e. The van der Waals surface area contributed by atoms with Gasteiger partial charge in [-0.15, -0.1) is 0 Å². The van der Waals surface area contributed by atoms with Crippen LogP contribution in [0.3, 0.4) is 0 Å². The molecule has 0 aliphatic heterocycles. The van der Waals surface area contributed by atoms with Crippen LogP contribution in [0.25, 0.3) is 12.2 Å². The molecule has 1 aromatic rings. The Morgan fingerprint density at radius 1 is 1.26 bits per heavy atom. The number of nitrogens with zero attached hydrogens (tertiary/aromatic N) is 1. The minimum atomic E-state index is -4.31. The van der Waals surface area contributed by atoms with E-state index in [1.807, 2.05) is 27.7 Å². The van der Waals surface area contributed by atoms with Gasteiger partial charge in [0.25, 0.3) is 0 Å². The van der Waals surface area contributed by atoms with Gasteiger partial charge in [-0.25, -0.2) is 0 Å². The van der Waals surface area contributed by atoms with Gasteiger partial charge in [0.15, 0.2) is 0 Å². The summed E-state index contributed by atoms with van der Waals surface area (Å²) in [5.41, 5.74) is 1.32. The Balaban J connectivity index is 0.00000154. The predicted octanol–water partition coefficient (Wildman–Crippen LogP) is 5.41. The highest BCUT2D eigenvalue weighted by atomic mass is 19.4. The Hall–Kier alpha value is -1.58. The number of allylic oxidation sites excluding steroid dienone is 2. The third-order valence-electron chi connectivity index (χ3n) is 2.37. The number of aromatic nitrogens is 1. The molecule has 1 heterocycles. The zero-order chi connectivity index (χ0) is 15.1. The summed E-state index contributed by atoms with van der Waals surface area (Å²) in [4.78, 5) is 3.98. The van der Waals surface area contributed by atoms with Gasteiger partial charge in [0, 0.05) is 17.3 Å². The van der Waals surface area contributed by atoms with Gasteiger partial charge in [0.2, 0.25) is 0 Å². The lowest BCUT2D eigenvalue weighted by Crippen LogP contribution is -2.09. The maximum atomic E-state index is 12.4. The summed E-state index contributed by atoms with van der Waals surface area (Å²) in [5, 5.41) is 0. The number of hydrogen-bond acceptors (Lipinski definition) is 1. The van der Waals surface area contributed by atoms with Gasteiger partial charge in [0.1, 0.15) is 0 Å². The zero-order valence-corrected chi connectivity index (χ0v) is 12.0. The first-order valence-electron chi connectivity index (χ1n) is 6.20. The fraction of sp³-hybridized carbons (Fsp3) is 0.400. The SMILES string of the molecule is C/C=C\c1c(C)ccnc1/C=C(\C)C(F)(F)F.CC. The Labute approximate surface area is 112 Å². The first kappa shape index (κ1) is 17.4. The lowest BCUT2D eigenvalue weighted by molar-refractivity contribution is -0.0903. The summed E-state index contributed by atoms with van der Waals surface area (Å²) in [5.74, 6) is 0. The number of aryl methyl sites for hydroxylation is 1. The summed E-state index contributed by atoms with van der Waals surface area (Å²) >= 11 is 0. The molecule has 1 rings (SSSR count). The average molecular weight is 271 g/mol. The fourth-order valence-electron chi connectivity index (χ4n) is 1.38. The van der Waals surface area contributed by atoms with Gasteiger partial charge in [-0.05, 0) is 38.5 Å². The molecule has 0 saturated carbocycles. The number of rotatable bonds is 2. The molecule has 0 amide bonds. The van der Waals surface area contributed by atoms with Crippen molar-refractivity contribution >= 4 is 12.2 Å². The number of pyridine rings is 1. The summed E-state index contributed by atoms with van der Waals surface area (Å²) in [6.45, 7) is 8.71. The summed E-state index contributed by atoms with van der Waals surface area (Å²) in [6.07, 6.45) is 1.82. The molecule has 0 N–H and O–H groups in total. The Kier molecular flexibility index (Phi) is 7.12. The Morgan fingerprint density at radius 3 is 2.32 bits per heavy atom. The maximum absolute atomic E-state index is 12.4.